The van der Waals surface area contributed by atoms with Crippen LogP contribution in [0.1, 0.15) is 29.8 Å². The molecule has 2 aromatic carbocycles. The van der Waals surface area contributed by atoms with Crippen LogP contribution in [-0.4, -0.2) is 18.6 Å². The Kier molecular flexibility index (Phi) is 5.95. The fourth-order valence-electron chi connectivity index (χ4n) is 1.98. The van der Waals surface area contributed by atoms with E-state index in [9.17, 15) is 9.59 Å². The van der Waals surface area contributed by atoms with Crippen LogP contribution in [-0.2, 0) is 4.74 Å². The van der Waals surface area contributed by atoms with Crippen molar-refractivity contribution in [2.24, 2.45) is 5.92 Å². The number of hydrogen-bond acceptors (Lipinski definition) is 3. The number of aryl methyl sites for hydroxylation is 1. The summed E-state index contributed by atoms with van der Waals surface area (Å²) in [6.45, 7) is 6.26. The van der Waals surface area contributed by atoms with Crippen LogP contribution < -0.4 is 10.6 Å². The van der Waals surface area contributed by atoms with Gasteiger partial charge in [-0.15, -0.1) is 0 Å². The molecule has 2 rings (SSSR count). The van der Waals surface area contributed by atoms with Gasteiger partial charge in [-0.1, -0.05) is 37.6 Å². The third kappa shape index (κ3) is 5.43. The highest BCUT2D eigenvalue weighted by molar-refractivity contribution is 6.04. The highest BCUT2D eigenvalue weighted by Crippen LogP contribution is 2.16. The zero-order chi connectivity index (χ0) is 17.5. The number of hydrogen-bond donors (Lipinski definition) is 2. The number of nitrogens with one attached hydrogen (secondary N) is 2. The van der Waals surface area contributed by atoms with Crippen LogP contribution in [0.2, 0.25) is 0 Å². The van der Waals surface area contributed by atoms with E-state index in [1.165, 1.54) is 0 Å². The Morgan fingerprint density at radius 1 is 1.00 bits per heavy atom. The van der Waals surface area contributed by atoms with Gasteiger partial charge >= 0.3 is 6.09 Å². The third-order valence-corrected chi connectivity index (χ3v) is 3.23. The molecule has 0 aliphatic rings. The molecule has 0 aliphatic carbocycles. The van der Waals surface area contributed by atoms with Crippen molar-refractivity contribution in [3.63, 3.8) is 0 Å². The second kappa shape index (κ2) is 8.15. The Morgan fingerprint density at radius 2 is 1.62 bits per heavy atom. The van der Waals surface area contributed by atoms with Gasteiger partial charge in [0.15, 0.2) is 0 Å². The average molecular weight is 326 g/mol. The highest BCUT2D eigenvalue weighted by Gasteiger charge is 2.08. The van der Waals surface area contributed by atoms with E-state index < -0.39 is 6.09 Å². The third-order valence-electron chi connectivity index (χ3n) is 3.23. The summed E-state index contributed by atoms with van der Waals surface area (Å²) < 4.78 is 5.07. The van der Waals surface area contributed by atoms with Crippen molar-refractivity contribution >= 4 is 23.4 Å². The number of ether oxygens (including phenoxy) is 1. The Labute approximate surface area is 142 Å². The van der Waals surface area contributed by atoms with Crippen molar-refractivity contribution in [2.45, 2.75) is 20.8 Å². The molecule has 0 saturated carbocycles. The van der Waals surface area contributed by atoms with Gasteiger partial charge in [-0.3, -0.25) is 10.1 Å². The fourth-order valence-corrected chi connectivity index (χ4v) is 1.98. The van der Waals surface area contributed by atoms with Gasteiger partial charge in [-0.2, -0.15) is 0 Å². The SMILES string of the molecule is Cc1ccc(C(=O)Nc2cccc(NC(=O)OCC(C)C)c2)cc1. The number of carbonyl (C=O) groups is 2. The van der Waals surface area contributed by atoms with Crippen molar-refractivity contribution in [3.8, 4) is 0 Å². The van der Waals surface area contributed by atoms with Crippen LogP contribution in [0.25, 0.3) is 0 Å². The summed E-state index contributed by atoms with van der Waals surface area (Å²) in [5.41, 5.74) is 2.83. The molecule has 0 aliphatic heterocycles. The van der Waals surface area contributed by atoms with Crippen LogP contribution in [0.3, 0.4) is 0 Å². The van der Waals surface area contributed by atoms with Crippen LogP contribution in [0, 0.1) is 12.8 Å². The lowest BCUT2D eigenvalue weighted by molar-refractivity contribution is 0.102. The molecule has 2 amide bonds. The van der Waals surface area contributed by atoms with Crippen molar-refractivity contribution < 1.29 is 14.3 Å². The summed E-state index contributed by atoms with van der Waals surface area (Å²) in [5.74, 6) is 0.0745. The summed E-state index contributed by atoms with van der Waals surface area (Å²) >= 11 is 0. The average Bonchev–Trinajstić information content (AvgIpc) is 2.54. The van der Waals surface area contributed by atoms with Crippen molar-refractivity contribution in [2.75, 3.05) is 17.2 Å². The van der Waals surface area contributed by atoms with Gasteiger partial charge < -0.3 is 10.1 Å². The standard InChI is InChI=1S/C19H22N2O3/c1-13(2)12-24-19(23)21-17-6-4-5-16(11-17)20-18(22)15-9-7-14(3)8-10-15/h4-11,13H,12H2,1-3H3,(H,20,22)(H,21,23). The lowest BCUT2D eigenvalue weighted by Gasteiger charge is -2.10. The number of carbonyl (C=O) groups excluding carboxylic acids is 2. The molecule has 126 valence electrons. The van der Waals surface area contributed by atoms with Gasteiger partial charge in [-0.05, 0) is 43.2 Å². The smallest absolute Gasteiger partial charge is 0.411 e. The summed E-state index contributed by atoms with van der Waals surface area (Å²) in [5, 5.41) is 5.46. The van der Waals surface area contributed by atoms with Gasteiger partial charge in [0, 0.05) is 16.9 Å². The molecule has 0 spiro atoms. The largest absolute Gasteiger partial charge is 0.449 e. The molecule has 0 fully saturated rings. The molecule has 2 N–H and O–H groups in total. The summed E-state index contributed by atoms with van der Waals surface area (Å²) in [6, 6.07) is 14.3. The fraction of sp³-hybridized carbons (Fsp3) is 0.263. The summed E-state index contributed by atoms with van der Waals surface area (Å²) in [4.78, 5) is 23.9. The minimum Gasteiger partial charge on any atom is -0.449 e. The topological polar surface area (TPSA) is 67.4 Å². The minimum absolute atomic E-state index is 0.200. The molecule has 0 radical (unpaired) electrons. The number of amides is 2. The molecule has 0 atom stereocenters. The second-order valence-electron chi connectivity index (χ2n) is 6.02. The normalized spacial score (nSPS) is 10.3. The van der Waals surface area contributed by atoms with E-state index in [1.54, 1.807) is 36.4 Å². The quantitative estimate of drug-likeness (QED) is 0.853. The molecule has 0 bridgehead atoms. The van der Waals surface area contributed by atoms with Crippen LogP contribution in [0.15, 0.2) is 48.5 Å². The lowest BCUT2D eigenvalue weighted by atomic mass is 10.1. The van der Waals surface area contributed by atoms with Gasteiger partial charge in [0.1, 0.15) is 0 Å². The number of rotatable bonds is 5. The molecule has 5 nitrogen and oxygen atoms in total. The van der Waals surface area contributed by atoms with Crippen LogP contribution >= 0.6 is 0 Å². The van der Waals surface area contributed by atoms with E-state index in [-0.39, 0.29) is 11.8 Å². The van der Waals surface area contributed by atoms with E-state index in [2.05, 4.69) is 10.6 Å². The first kappa shape index (κ1) is 17.5. The first-order valence-electron chi connectivity index (χ1n) is 7.86. The van der Waals surface area contributed by atoms with E-state index in [0.717, 1.165) is 5.56 Å². The molecule has 24 heavy (non-hydrogen) atoms. The van der Waals surface area contributed by atoms with Gasteiger partial charge in [-0.25, -0.2) is 4.79 Å². The second-order valence-corrected chi connectivity index (χ2v) is 6.02. The number of anilines is 2. The molecule has 0 saturated heterocycles. The zero-order valence-electron chi connectivity index (χ0n) is 14.1. The zero-order valence-corrected chi connectivity index (χ0v) is 14.1. The Morgan fingerprint density at radius 3 is 2.25 bits per heavy atom. The van der Waals surface area contributed by atoms with Gasteiger partial charge in [0.05, 0.1) is 6.61 Å². The Hall–Kier alpha value is -2.82. The Balaban J connectivity index is 1.98. The number of benzene rings is 2. The first-order chi connectivity index (χ1) is 11.4. The maximum Gasteiger partial charge on any atom is 0.411 e. The molecule has 5 heteroatoms. The summed E-state index contributed by atoms with van der Waals surface area (Å²) in [6.07, 6.45) is -0.509. The molecule has 0 heterocycles. The summed E-state index contributed by atoms with van der Waals surface area (Å²) in [7, 11) is 0. The van der Waals surface area contributed by atoms with Gasteiger partial charge in [0.2, 0.25) is 0 Å². The van der Waals surface area contributed by atoms with Crippen LogP contribution in [0.4, 0.5) is 16.2 Å². The van der Waals surface area contributed by atoms with Crippen LogP contribution in [0.5, 0.6) is 0 Å². The van der Waals surface area contributed by atoms with E-state index >= 15 is 0 Å². The highest BCUT2D eigenvalue weighted by atomic mass is 16.5. The maximum atomic E-state index is 12.2. The predicted molar refractivity (Wildman–Crippen MR) is 95.4 cm³/mol. The van der Waals surface area contributed by atoms with Crippen molar-refractivity contribution in [1.29, 1.82) is 0 Å². The van der Waals surface area contributed by atoms with Gasteiger partial charge in [0.25, 0.3) is 5.91 Å². The van der Waals surface area contributed by atoms with E-state index in [0.29, 0.717) is 23.5 Å². The lowest BCUT2D eigenvalue weighted by Crippen LogP contribution is -2.17. The maximum absolute atomic E-state index is 12.2. The monoisotopic (exact) mass is 326 g/mol. The minimum atomic E-state index is -0.509. The van der Waals surface area contributed by atoms with E-state index in [1.807, 2.05) is 32.9 Å². The molecular formula is C19H22N2O3. The molecular weight excluding hydrogens is 304 g/mol. The molecule has 2 aromatic rings. The molecule has 0 unspecified atom stereocenters. The molecule has 0 aromatic heterocycles. The Bertz CT molecular complexity index is 709. The van der Waals surface area contributed by atoms with Crippen molar-refractivity contribution in [1.82, 2.24) is 0 Å². The predicted octanol–water partition coefficient (Wildman–Crippen LogP) is 4.45. The van der Waals surface area contributed by atoms with E-state index in [4.69, 9.17) is 4.74 Å². The van der Waals surface area contributed by atoms with Crippen molar-refractivity contribution in [3.05, 3.63) is 59.7 Å². The first-order valence-corrected chi connectivity index (χ1v) is 7.86.